The molecular weight excluding hydrogens is 271 g/mol. The molecule has 4 nitrogen and oxygen atoms in total. The standard InChI is InChI=1S/C12H20N4.2ClH/c1-3-9-5-6-11(7-10(9)8-13)16-12(14)15-4-2;;/h5-7H,3-4,8,13H2,1-2H3,(H3,14,15,16);2*1H. The second-order valence-electron chi connectivity index (χ2n) is 3.57. The number of benzene rings is 1. The normalized spacial score (nSPS) is 8.83. The lowest BCUT2D eigenvalue weighted by Crippen LogP contribution is -2.29. The van der Waals surface area contributed by atoms with E-state index in [2.05, 4.69) is 23.6 Å². The van der Waals surface area contributed by atoms with E-state index in [1.165, 1.54) is 5.56 Å². The number of guanidine groups is 1. The lowest BCUT2D eigenvalue weighted by molar-refractivity contribution is 0.953. The van der Waals surface area contributed by atoms with Crippen LogP contribution in [-0.4, -0.2) is 12.5 Å². The topological polar surface area (TPSA) is 73.9 Å². The minimum absolute atomic E-state index is 0. The zero-order valence-corrected chi connectivity index (χ0v) is 12.4. The number of nitrogens with one attached hydrogen (secondary N) is 3. The Morgan fingerprint density at radius 3 is 2.39 bits per heavy atom. The molecular formula is C12H22Cl2N4. The number of nitrogens with two attached hydrogens (primary N) is 1. The van der Waals surface area contributed by atoms with E-state index >= 15 is 0 Å². The molecule has 1 rings (SSSR count). The van der Waals surface area contributed by atoms with Crippen LogP contribution in [0, 0.1) is 5.41 Å². The van der Waals surface area contributed by atoms with Crippen molar-refractivity contribution < 1.29 is 0 Å². The molecule has 18 heavy (non-hydrogen) atoms. The zero-order chi connectivity index (χ0) is 12.0. The predicted octanol–water partition coefficient (Wildman–Crippen LogP) is 2.51. The van der Waals surface area contributed by atoms with Crippen molar-refractivity contribution in [3.8, 4) is 0 Å². The second-order valence-corrected chi connectivity index (χ2v) is 3.57. The van der Waals surface area contributed by atoms with E-state index in [0.717, 1.165) is 24.2 Å². The van der Waals surface area contributed by atoms with Gasteiger partial charge in [-0.25, -0.2) is 0 Å². The van der Waals surface area contributed by atoms with Crippen LogP contribution in [0.3, 0.4) is 0 Å². The van der Waals surface area contributed by atoms with E-state index in [1.54, 1.807) is 0 Å². The number of anilines is 1. The Balaban J connectivity index is 0. The van der Waals surface area contributed by atoms with Crippen LogP contribution in [0.2, 0.25) is 0 Å². The van der Waals surface area contributed by atoms with Gasteiger partial charge in [-0.1, -0.05) is 13.0 Å². The Kier molecular flexibility index (Phi) is 10.8. The zero-order valence-electron chi connectivity index (χ0n) is 10.7. The maximum Gasteiger partial charge on any atom is 0.192 e. The maximum absolute atomic E-state index is 7.60. The molecule has 0 amide bonds. The van der Waals surface area contributed by atoms with Crippen LogP contribution in [0.1, 0.15) is 25.0 Å². The largest absolute Gasteiger partial charge is 0.357 e. The monoisotopic (exact) mass is 292 g/mol. The van der Waals surface area contributed by atoms with E-state index in [1.807, 2.05) is 19.1 Å². The number of halogens is 2. The molecule has 0 aromatic heterocycles. The summed E-state index contributed by atoms with van der Waals surface area (Å²) in [6.07, 6.45) is 0.984. The second kappa shape index (κ2) is 10.00. The maximum atomic E-state index is 7.60. The molecule has 0 bridgehead atoms. The Morgan fingerprint density at radius 1 is 1.22 bits per heavy atom. The first-order chi connectivity index (χ1) is 7.71. The van der Waals surface area contributed by atoms with Crippen LogP contribution in [0.15, 0.2) is 18.2 Å². The third-order valence-electron chi connectivity index (χ3n) is 2.43. The molecule has 0 radical (unpaired) electrons. The molecule has 0 aliphatic rings. The predicted molar refractivity (Wildman–Crippen MR) is 83.2 cm³/mol. The summed E-state index contributed by atoms with van der Waals surface area (Å²) >= 11 is 0. The molecule has 5 N–H and O–H groups in total. The van der Waals surface area contributed by atoms with E-state index < -0.39 is 0 Å². The minimum atomic E-state index is 0. The summed E-state index contributed by atoms with van der Waals surface area (Å²) in [6.45, 7) is 5.35. The van der Waals surface area contributed by atoms with Gasteiger partial charge in [0.2, 0.25) is 0 Å². The number of hydrogen-bond donors (Lipinski definition) is 4. The van der Waals surface area contributed by atoms with Gasteiger partial charge in [-0.2, -0.15) is 0 Å². The summed E-state index contributed by atoms with van der Waals surface area (Å²) in [5, 5.41) is 13.5. The molecule has 104 valence electrons. The number of hydrogen-bond acceptors (Lipinski definition) is 2. The lowest BCUT2D eigenvalue weighted by atomic mass is 10.0. The number of rotatable bonds is 4. The van der Waals surface area contributed by atoms with Crippen LogP contribution >= 0.6 is 24.8 Å². The fourth-order valence-corrected chi connectivity index (χ4v) is 1.60. The summed E-state index contributed by atoms with van der Waals surface area (Å²) in [7, 11) is 0. The van der Waals surface area contributed by atoms with Crippen molar-refractivity contribution in [3.05, 3.63) is 29.3 Å². The molecule has 0 aliphatic heterocycles. The first-order valence-electron chi connectivity index (χ1n) is 5.62. The average Bonchev–Trinajstić information content (AvgIpc) is 2.29. The molecule has 0 saturated heterocycles. The molecule has 0 fully saturated rings. The van der Waals surface area contributed by atoms with Crippen LogP contribution in [0.4, 0.5) is 5.69 Å². The Morgan fingerprint density at radius 2 is 1.89 bits per heavy atom. The van der Waals surface area contributed by atoms with Crippen molar-refractivity contribution >= 4 is 36.5 Å². The van der Waals surface area contributed by atoms with Crippen LogP contribution in [-0.2, 0) is 13.0 Å². The number of aryl methyl sites for hydroxylation is 1. The van der Waals surface area contributed by atoms with Gasteiger partial charge in [0.05, 0.1) is 0 Å². The molecule has 0 aliphatic carbocycles. The molecule has 0 heterocycles. The summed E-state index contributed by atoms with van der Waals surface area (Å²) in [6, 6.07) is 6.04. The third-order valence-corrected chi connectivity index (χ3v) is 2.43. The van der Waals surface area contributed by atoms with Gasteiger partial charge in [-0.05, 0) is 36.6 Å². The quantitative estimate of drug-likeness (QED) is 0.509. The Bertz CT molecular complexity index is 369. The van der Waals surface area contributed by atoms with Gasteiger partial charge in [0.15, 0.2) is 5.96 Å². The van der Waals surface area contributed by atoms with Crippen LogP contribution in [0.5, 0.6) is 0 Å². The van der Waals surface area contributed by atoms with Gasteiger partial charge in [0, 0.05) is 18.8 Å². The molecule has 6 heteroatoms. The third kappa shape index (κ3) is 5.58. The van der Waals surface area contributed by atoms with Gasteiger partial charge in [0.1, 0.15) is 0 Å². The molecule has 0 saturated carbocycles. The smallest absolute Gasteiger partial charge is 0.192 e. The van der Waals surface area contributed by atoms with E-state index in [4.69, 9.17) is 11.1 Å². The summed E-state index contributed by atoms with van der Waals surface area (Å²) < 4.78 is 0. The van der Waals surface area contributed by atoms with Gasteiger partial charge in [-0.15, -0.1) is 24.8 Å². The van der Waals surface area contributed by atoms with E-state index in [-0.39, 0.29) is 24.8 Å². The van der Waals surface area contributed by atoms with E-state index in [0.29, 0.717) is 12.5 Å². The van der Waals surface area contributed by atoms with Crippen molar-refractivity contribution in [2.45, 2.75) is 26.8 Å². The fraction of sp³-hybridized carbons (Fsp3) is 0.417. The molecule has 1 aromatic carbocycles. The first kappa shape index (κ1) is 19.4. The highest BCUT2D eigenvalue weighted by molar-refractivity contribution is 5.91. The van der Waals surface area contributed by atoms with Gasteiger partial charge in [-0.3, -0.25) is 5.41 Å². The molecule has 1 aromatic rings. The summed E-state index contributed by atoms with van der Waals surface area (Å²) in [5.41, 5.74) is 9.00. The summed E-state index contributed by atoms with van der Waals surface area (Å²) in [5.74, 6) is 0.315. The Hall–Kier alpha value is -0.970. The Labute approximate surface area is 121 Å². The minimum Gasteiger partial charge on any atom is -0.357 e. The fourth-order valence-electron chi connectivity index (χ4n) is 1.60. The van der Waals surface area contributed by atoms with Gasteiger partial charge < -0.3 is 16.4 Å². The van der Waals surface area contributed by atoms with Gasteiger partial charge >= 0.3 is 0 Å². The van der Waals surface area contributed by atoms with Crippen molar-refractivity contribution in [3.63, 3.8) is 0 Å². The van der Waals surface area contributed by atoms with Gasteiger partial charge in [0.25, 0.3) is 0 Å². The molecule has 0 spiro atoms. The van der Waals surface area contributed by atoms with Crippen molar-refractivity contribution in [2.75, 3.05) is 11.9 Å². The van der Waals surface area contributed by atoms with Crippen molar-refractivity contribution in [1.82, 2.24) is 5.32 Å². The first-order valence-corrected chi connectivity index (χ1v) is 5.62. The highest BCUT2D eigenvalue weighted by atomic mass is 35.5. The molecule has 0 atom stereocenters. The highest BCUT2D eigenvalue weighted by Crippen LogP contribution is 2.16. The SMILES string of the molecule is CCNC(=N)Nc1ccc(CC)c(CN)c1.Cl.Cl. The lowest BCUT2D eigenvalue weighted by Gasteiger charge is -2.12. The molecule has 0 unspecified atom stereocenters. The summed E-state index contributed by atoms with van der Waals surface area (Å²) in [4.78, 5) is 0. The van der Waals surface area contributed by atoms with Crippen LogP contribution < -0.4 is 16.4 Å². The van der Waals surface area contributed by atoms with Crippen molar-refractivity contribution in [1.29, 1.82) is 5.41 Å². The van der Waals surface area contributed by atoms with Crippen LogP contribution in [0.25, 0.3) is 0 Å². The average molecular weight is 293 g/mol. The van der Waals surface area contributed by atoms with Crippen molar-refractivity contribution in [2.24, 2.45) is 5.73 Å². The van der Waals surface area contributed by atoms with E-state index in [9.17, 15) is 0 Å². The highest BCUT2D eigenvalue weighted by Gasteiger charge is 2.02.